The number of benzene rings is 2. The zero-order chi connectivity index (χ0) is 20.8. The van der Waals surface area contributed by atoms with Crippen LogP contribution in [-0.4, -0.2) is 39.0 Å². The molecule has 0 saturated carbocycles. The van der Waals surface area contributed by atoms with E-state index in [1.165, 1.54) is 9.91 Å². The summed E-state index contributed by atoms with van der Waals surface area (Å²) in [5.41, 5.74) is 3.53. The standard InChI is InChI=1S/C21H18N6O3/c1-12-3-7-14(8-4-12)19-22-16(30-24-19)11-26-18-17(23-25-26)20(28)27(21(18)29)15-9-5-13(2)6-10-15/h3-10,17-18H,11H2,1-2H3/t17-,18+/m0/s1. The topological polar surface area (TPSA) is 104 Å². The monoisotopic (exact) mass is 402 g/mol. The predicted molar refractivity (Wildman–Crippen MR) is 106 cm³/mol. The fourth-order valence-electron chi connectivity index (χ4n) is 3.58. The molecule has 0 spiro atoms. The number of hydrogen-bond acceptors (Lipinski definition) is 8. The number of hydrogen-bond donors (Lipinski definition) is 0. The van der Waals surface area contributed by atoms with Gasteiger partial charge in [0.05, 0.1) is 5.69 Å². The van der Waals surface area contributed by atoms with Crippen LogP contribution in [0, 0.1) is 13.8 Å². The second kappa shape index (κ2) is 6.87. The third kappa shape index (κ3) is 2.95. The molecule has 9 heteroatoms. The second-order valence-electron chi connectivity index (χ2n) is 7.42. The van der Waals surface area contributed by atoms with Gasteiger partial charge in [-0.2, -0.15) is 10.1 Å². The van der Waals surface area contributed by atoms with Gasteiger partial charge < -0.3 is 4.52 Å². The maximum atomic E-state index is 13.0. The van der Waals surface area contributed by atoms with E-state index < -0.39 is 12.1 Å². The molecular weight excluding hydrogens is 384 g/mol. The van der Waals surface area contributed by atoms with Crippen LogP contribution in [0.1, 0.15) is 17.0 Å². The van der Waals surface area contributed by atoms with Gasteiger partial charge in [0.15, 0.2) is 12.1 Å². The summed E-state index contributed by atoms with van der Waals surface area (Å²) in [6, 6.07) is 13.3. The zero-order valence-electron chi connectivity index (χ0n) is 16.4. The number of aryl methyl sites for hydroxylation is 2. The Morgan fingerprint density at radius 1 is 0.933 bits per heavy atom. The smallest absolute Gasteiger partial charge is 0.263 e. The highest BCUT2D eigenvalue weighted by Gasteiger charge is 2.55. The third-order valence-electron chi connectivity index (χ3n) is 5.23. The Morgan fingerprint density at radius 3 is 2.30 bits per heavy atom. The Bertz CT molecular complexity index is 1150. The van der Waals surface area contributed by atoms with Crippen molar-refractivity contribution in [2.75, 3.05) is 4.90 Å². The van der Waals surface area contributed by atoms with E-state index in [4.69, 9.17) is 4.52 Å². The Morgan fingerprint density at radius 2 is 1.60 bits per heavy atom. The summed E-state index contributed by atoms with van der Waals surface area (Å²) in [6.45, 7) is 4.03. The van der Waals surface area contributed by atoms with Crippen molar-refractivity contribution in [1.82, 2.24) is 15.1 Å². The number of nitrogens with zero attached hydrogens (tertiary/aromatic N) is 6. The number of rotatable bonds is 4. The number of carbonyl (C=O) groups is 2. The molecule has 2 aliphatic heterocycles. The van der Waals surface area contributed by atoms with E-state index in [2.05, 4.69) is 20.5 Å². The normalized spacial score (nSPS) is 20.3. The van der Waals surface area contributed by atoms with Gasteiger partial charge in [0.1, 0.15) is 6.54 Å². The van der Waals surface area contributed by atoms with E-state index in [0.29, 0.717) is 17.4 Å². The molecule has 2 aliphatic rings. The van der Waals surface area contributed by atoms with Crippen LogP contribution < -0.4 is 4.90 Å². The zero-order valence-corrected chi connectivity index (χ0v) is 16.4. The van der Waals surface area contributed by atoms with Crippen molar-refractivity contribution in [3.8, 4) is 11.4 Å². The van der Waals surface area contributed by atoms with Crippen LogP contribution in [-0.2, 0) is 16.1 Å². The Labute approximate surface area is 172 Å². The van der Waals surface area contributed by atoms with Crippen molar-refractivity contribution in [2.45, 2.75) is 32.5 Å². The first-order chi connectivity index (χ1) is 14.5. The van der Waals surface area contributed by atoms with Crippen LogP contribution >= 0.6 is 0 Å². The Hall–Kier alpha value is -3.88. The average Bonchev–Trinajstić information content (AvgIpc) is 3.43. The van der Waals surface area contributed by atoms with Gasteiger partial charge in [-0.3, -0.25) is 14.6 Å². The molecule has 5 rings (SSSR count). The molecule has 0 unspecified atom stereocenters. The van der Waals surface area contributed by atoms with Crippen LogP contribution in [0.2, 0.25) is 0 Å². The van der Waals surface area contributed by atoms with Crippen molar-refractivity contribution >= 4 is 17.5 Å². The largest absolute Gasteiger partial charge is 0.337 e. The molecule has 0 radical (unpaired) electrons. The predicted octanol–water partition coefficient (Wildman–Crippen LogP) is 2.85. The molecule has 1 saturated heterocycles. The Balaban J connectivity index is 1.36. The molecule has 0 N–H and O–H groups in total. The molecular formula is C21H18N6O3. The van der Waals surface area contributed by atoms with Crippen LogP contribution in [0.15, 0.2) is 63.4 Å². The molecule has 9 nitrogen and oxygen atoms in total. The van der Waals surface area contributed by atoms with E-state index in [9.17, 15) is 9.59 Å². The van der Waals surface area contributed by atoms with Crippen LogP contribution in [0.25, 0.3) is 11.4 Å². The molecule has 150 valence electrons. The Kier molecular flexibility index (Phi) is 4.16. The summed E-state index contributed by atoms with van der Waals surface area (Å²) in [4.78, 5) is 31.3. The number of anilines is 1. The summed E-state index contributed by atoms with van der Waals surface area (Å²) in [7, 11) is 0. The minimum Gasteiger partial charge on any atom is -0.337 e. The van der Waals surface area contributed by atoms with Crippen molar-refractivity contribution in [1.29, 1.82) is 0 Å². The highest BCUT2D eigenvalue weighted by atomic mass is 16.5. The first kappa shape index (κ1) is 18.2. The highest BCUT2D eigenvalue weighted by Crippen LogP contribution is 2.32. The van der Waals surface area contributed by atoms with Gasteiger partial charge in [-0.1, -0.05) is 57.9 Å². The number of carbonyl (C=O) groups excluding carboxylic acids is 2. The van der Waals surface area contributed by atoms with Crippen molar-refractivity contribution in [3.05, 3.63) is 65.5 Å². The molecule has 0 aliphatic carbocycles. The quantitative estimate of drug-likeness (QED) is 0.622. The van der Waals surface area contributed by atoms with E-state index in [-0.39, 0.29) is 18.4 Å². The lowest BCUT2D eigenvalue weighted by molar-refractivity contribution is -0.123. The first-order valence-corrected chi connectivity index (χ1v) is 9.53. The fourth-order valence-corrected chi connectivity index (χ4v) is 3.58. The molecule has 1 fully saturated rings. The molecule has 2 atom stereocenters. The second-order valence-corrected chi connectivity index (χ2v) is 7.42. The van der Waals surface area contributed by atoms with Gasteiger partial charge in [-0.05, 0) is 26.0 Å². The van der Waals surface area contributed by atoms with E-state index in [1.807, 2.05) is 50.2 Å². The molecule has 3 aromatic rings. The van der Waals surface area contributed by atoms with Crippen molar-refractivity contribution in [3.63, 3.8) is 0 Å². The molecule has 30 heavy (non-hydrogen) atoms. The van der Waals surface area contributed by atoms with Gasteiger partial charge in [-0.25, -0.2) is 4.90 Å². The van der Waals surface area contributed by atoms with Crippen LogP contribution in [0.3, 0.4) is 0 Å². The van der Waals surface area contributed by atoms with Crippen molar-refractivity contribution < 1.29 is 14.1 Å². The lowest BCUT2D eigenvalue weighted by Gasteiger charge is -2.19. The molecule has 0 bridgehead atoms. The van der Waals surface area contributed by atoms with E-state index >= 15 is 0 Å². The average molecular weight is 402 g/mol. The lowest BCUT2D eigenvalue weighted by atomic mass is 10.1. The van der Waals surface area contributed by atoms with Crippen LogP contribution in [0.4, 0.5) is 5.69 Å². The number of imide groups is 1. The summed E-state index contributed by atoms with van der Waals surface area (Å²) in [5, 5.41) is 13.5. The number of aromatic nitrogens is 2. The lowest BCUT2D eigenvalue weighted by Crippen LogP contribution is -2.39. The maximum absolute atomic E-state index is 13.0. The van der Waals surface area contributed by atoms with E-state index in [1.54, 1.807) is 12.1 Å². The van der Waals surface area contributed by atoms with Gasteiger partial charge in [-0.15, -0.1) is 0 Å². The maximum Gasteiger partial charge on any atom is 0.263 e. The molecule has 3 heterocycles. The van der Waals surface area contributed by atoms with Gasteiger partial charge in [0, 0.05) is 5.56 Å². The molecule has 2 aromatic carbocycles. The van der Waals surface area contributed by atoms with Gasteiger partial charge in [0.25, 0.3) is 11.8 Å². The van der Waals surface area contributed by atoms with Gasteiger partial charge >= 0.3 is 0 Å². The third-order valence-corrected chi connectivity index (χ3v) is 5.23. The SMILES string of the molecule is Cc1ccc(-c2noc(CN3N=N[C@@H]4C(=O)N(c5ccc(C)cc5)C(=O)[C@@H]43)n2)cc1. The summed E-state index contributed by atoms with van der Waals surface area (Å²) < 4.78 is 5.33. The minimum absolute atomic E-state index is 0.0876. The fraction of sp³-hybridized carbons (Fsp3) is 0.238. The first-order valence-electron chi connectivity index (χ1n) is 9.53. The highest BCUT2D eigenvalue weighted by molar-refractivity contribution is 6.25. The number of fused-ring (bicyclic) bond motifs is 1. The minimum atomic E-state index is -0.863. The molecule has 2 amide bonds. The van der Waals surface area contributed by atoms with Gasteiger partial charge in [0.2, 0.25) is 11.7 Å². The summed E-state index contributed by atoms with van der Waals surface area (Å²) in [5.74, 6) is -0.00453. The number of amides is 2. The molecule has 1 aromatic heterocycles. The van der Waals surface area contributed by atoms with E-state index in [0.717, 1.165) is 16.7 Å². The van der Waals surface area contributed by atoms with Crippen LogP contribution in [0.5, 0.6) is 0 Å². The van der Waals surface area contributed by atoms with Crippen molar-refractivity contribution in [2.24, 2.45) is 10.3 Å². The summed E-state index contributed by atoms with van der Waals surface area (Å²) in [6.07, 6.45) is 0. The summed E-state index contributed by atoms with van der Waals surface area (Å²) >= 11 is 0.